The lowest BCUT2D eigenvalue weighted by Crippen LogP contribution is -2.31. The van der Waals surface area contributed by atoms with Gasteiger partial charge in [0.15, 0.2) is 12.7 Å². The number of allylic oxidation sites excluding steroid dienone is 2. The van der Waals surface area contributed by atoms with Gasteiger partial charge in [-0.1, -0.05) is 36.4 Å². The molecular weight excluding hydrogens is 648 g/mol. The molecule has 0 heterocycles. The van der Waals surface area contributed by atoms with E-state index in [1.807, 2.05) is 0 Å². The Morgan fingerprint density at radius 3 is 2.50 bits per heavy atom. The number of benzene rings is 1. The molecule has 0 saturated heterocycles. The Morgan fingerprint density at radius 2 is 1.79 bits per heavy atom. The summed E-state index contributed by atoms with van der Waals surface area (Å²) < 4.78 is 44.0. The lowest BCUT2D eigenvalue weighted by molar-refractivity contribution is -0.790. The molecule has 2 rings (SSSR count). The summed E-state index contributed by atoms with van der Waals surface area (Å²) in [5.74, 6) is -5.02. The average Bonchev–Trinajstić information content (AvgIpc) is 3.31. The molecule has 0 spiro atoms. The second kappa shape index (κ2) is 21.5. The number of unbranched alkanes of at least 4 members (excludes halogenated alkanes) is 1. The summed E-state index contributed by atoms with van der Waals surface area (Å²) in [7, 11) is 0. The van der Waals surface area contributed by atoms with Crippen LogP contribution in [0.15, 0.2) is 54.6 Å². The van der Waals surface area contributed by atoms with E-state index < -0.39 is 77.9 Å². The van der Waals surface area contributed by atoms with Gasteiger partial charge >= 0.3 is 5.97 Å². The molecule has 1 aromatic carbocycles. The van der Waals surface area contributed by atoms with E-state index in [0.717, 1.165) is 0 Å². The minimum Gasteiger partial charge on any atom is -0.487 e. The third-order valence-corrected chi connectivity index (χ3v) is 7.04. The highest BCUT2D eigenvalue weighted by atomic mass is 19.3. The minimum atomic E-state index is -3.27. The van der Waals surface area contributed by atoms with Gasteiger partial charge in [-0.15, -0.1) is 20.2 Å². The molecule has 5 atom stereocenters. The van der Waals surface area contributed by atoms with Gasteiger partial charge in [-0.2, -0.15) is 8.78 Å². The highest BCUT2D eigenvalue weighted by molar-refractivity contribution is 5.76. The van der Waals surface area contributed by atoms with Crippen molar-refractivity contribution in [1.82, 2.24) is 5.32 Å². The second-order valence-corrected chi connectivity index (χ2v) is 10.8. The number of carbonyl (C=O) groups excluding carboxylic acids is 2. The number of amides is 1. The molecule has 1 fully saturated rings. The molecule has 0 aliphatic heterocycles. The SMILES string of the molecule is O=C(CCOCC(CO[N+](=O)[O-])O[N+](=O)[O-])NCCOC(=O)CCCC=CC[C@@H]1[C@@H](C=CC(F)(F)COc2ccccc2)[C@H](O)C[C@@H]1O. The van der Waals surface area contributed by atoms with E-state index in [2.05, 4.69) is 15.0 Å². The third kappa shape index (κ3) is 16.9. The molecule has 1 saturated carbocycles. The molecule has 18 heteroatoms. The van der Waals surface area contributed by atoms with Crippen LogP contribution >= 0.6 is 0 Å². The first-order chi connectivity index (χ1) is 22.9. The van der Waals surface area contributed by atoms with E-state index in [1.165, 1.54) is 6.08 Å². The van der Waals surface area contributed by atoms with Crippen molar-refractivity contribution in [3.05, 3.63) is 74.9 Å². The summed E-state index contributed by atoms with van der Waals surface area (Å²) in [6.07, 6.45) is 3.72. The molecule has 48 heavy (non-hydrogen) atoms. The normalized spacial score (nSPS) is 20.0. The fraction of sp³-hybridized carbons (Fsp3) is 0.600. The minimum absolute atomic E-state index is 0.0331. The highest BCUT2D eigenvalue weighted by Crippen LogP contribution is 2.37. The first-order valence-corrected chi connectivity index (χ1v) is 15.2. The zero-order chi connectivity index (χ0) is 35.4. The van der Waals surface area contributed by atoms with E-state index in [0.29, 0.717) is 31.1 Å². The van der Waals surface area contributed by atoms with Gasteiger partial charge in [-0.25, -0.2) is 0 Å². The van der Waals surface area contributed by atoms with Gasteiger partial charge in [0.05, 0.1) is 32.0 Å². The maximum Gasteiger partial charge on any atom is 0.305 e. The van der Waals surface area contributed by atoms with Gasteiger partial charge in [0.2, 0.25) is 5.91 Å². The zero-order valence-electron chi connectivity index (χ0n) is 26.1. The number of nitrogens with zero attached hydrogens (tertiary/aromatic N) is 2. The van der Waals surface area contributed by atoms with Gasteiger partial charge in [0.1, 0.15) is 19.0 Å². The van der Waals surface area contributed by atoms with Crippen molar-refractivity contribution in [1.29, 1.82) is 0 Å². The van der Waals surface area contributed by atoms with Crippen molar-refractivity contribution in [2.45, 2.75) is 62.8 Å². The quantitative estimate of drug-likeness (QED) is 0.0468. The smallest absolute Gasteiger partial charge is 0.305 e. The molecule has 1 amide bonds. The van der Waals surface area contributed by atoms with Gasteiger partial charge in [0.25, 0.3) is 16.1 Å². The lowest BCUT2D eigenvalue weighted by Gasteiger charge is -2.20. The van der Waals surface area contributed by atoms with E-state index in [-0.39, 0.29) is 39.0 Å². The summed E-state index contributed by atoms with van der Waals surface area (Å²) in [4.78, 5) is 52.6. The van der Waals surface area contributed by atoms with Crippen molar-refractivity contribution in [2.24, 2.45) is 11.8 Å². The fourth-order valence-corrected chi connectivity index (χ4v) is 4.71. The second-order valence-electron chi connectivity index (χ2n) is 10.8. The van der Waals surface area contributed by atoms with E-state index in [4.69, 9.17) is 14.2 Å². The Bertz CT molecular complexity index is 1210. The molecule has 0 aromatic heterocycles. The van der Waals surface area contributed by atoms with Gasteiger partial charge in [-0.05, 0) is 43.4 Å². The molecule has 0 bridgehead atoms. The number of nitrogens with one attached hydrogen (secondary N) is 1. The molecule has 0 radical (unpaired) electrons. The Labute approximate surface area is 274 Å². The zero-order valence-corrected chi connectivity index (χ0v) is 26.1. The predicted octanol–water partition coefficient (Wildman–Crippen LogP) is 2.58. The Kier molecular flexibility index (Phi) is 17.8. The number of alkyl halides is 2. The average molecular weight is 690 g/mol. The van der Waals surface area contributed by atoms with E-state index in [1.54, 1.807) is 42.5 Å². The number of hydrogen-bond donors (Lipinski definition) is 3. The summed E-state index contributed by atoms with van der Waals surface area (Å²) in [6, 6.07) is 8.22. The number of ether oxygens (including phenoxy) is 3. The van der Waals surface area contributed by atoms with Crippen molar-refractivity contribution < 1.29 is 62.6 Å². The third-order valence-electron chi connectivity index (χ3n) is 7.04. The number of halogens is 2. The van der Waals surface area contributed by atoms with E-state index in [9.17, 15) is 48.8 Å². The van der Waals surface area contributed by atoms with Crippen LogP contribution in [0.1, 0.15) is 38.5 Å². The van der Waals surface area contributed by atoms with Crippen LogP contribution in [-0.2, 0) is 28.7 Å². The predicted molar refractivity (Wildman–Crippen MR) is 161 cm³/mol. The number of esters is 1. The number of aliphatic hydroxyl groups is 2. The van der Waals surface area contributed by atoms with Crippen molar-refractivity contribution in [2.75, 3.05) is 39.6 Å². The summed E-state index contributed by atoms with van der Waals surface area (Å²) >= 11 is 0. The summed E-state index contributed by atoms with van der Waals surface area (Å²) in [5.41, 5.74) is 0. The number of hydrogen-bond acceptors (Lipinski definition) is 13. The standard InChI is InChI=1S/C30H41F2N3O13/c31-30(32,21-46-22-8-4-3-5-9-22)14-12-25-24(26(36)18-27(25)37)10-6-1-2-7-11-29(39)45-17-15-33-28(38)13-16-44-19-23(48-35(42)43)20-47-34(40)41/h1,3-6,8-9,12,14,23-27,36-37H,2,7,10-11,13,15-21H2,(H,33,38)/t23?,24-,25-,26+,27-/m1/s1. The largest absolute Gasteiger partial charge is 0.487 e. The summed E-state index contributed by atoms with van der Waals surface area (Å²) in [6.45, 7) is -2.22. The molecule has 16 nitrogen and oxygen atoms in total. The molecule has 3 N–H and O–H groups in total. The fourth-order valence-electron chi connectivity index (χ4n) is 4.71. The Morgan fingerprint density at radius 1 is 1.04 bits per heavy atom. The first-order valence-electron chi connectivity index (χ1n) is 15.2. The Hall–Kier alpha value is -4.42. The van der Waals surface area contributed by atoms with Crippen LogP contribution < -0.4 is 10.1 Å². The molecule has 268 valence electrons. The van der Waals surface area contributed by atoms with Crippen LogP contribution in [0, 0.1) is 32.1 Å². The lowest BCUT2D eigenvalue weighted by atomic mass is 9.89. The maximum atomic E-state index is 14.4. The molecular formula is C30H41F2N3O13. The number of rotatable bonds is 24. The highest BCUT2D eigenvalue weighted by Gasteiger charge is 2.40. The molecule has 1 unspecified atom stereocenters. The topological polar surface area (TPSA) is 219 Å². The van der Waals surface area contributed by atoms with Crippen LogP contribution in [0.2, 0.25) is 0 Å². The van der Waals surface area contributed by atoms with Crippen LogP contribution in [0.5, 0.6) is 5.75 Å². The van der Waals surface area contributed by atoms with Crippen LogP contribution in [0.3, 0.4) is 0 Å². The number of para-hydroxylation sites is 1. The van der Waals surface area contributed by atoms with Gasteiger partial charge in [0, 0.05) is 25.2 Å². The first kappa shape index (κ1) is 39.8. The van der Waals surface area contributed by atoms with Crippen molar-refractivity contribution in [3.63, 3.8) is 0 Å². The molecule has 1 aliphatic rings. The monoisotopic (exact) mass is 689 g/mol. The van der Waals surface area contributed by atoms with Crippen LogP contribution in [-0.4, -0.2) is 96.1 Å². The van der Waals surface area contributed by atoms with Gasteiger partial charge in [-0.3, -0.25) is 9.59 Å². The Balaban J connectivity index is 1.59. The summed E-state index contributed by atoms with van der Waals surface area (Å²) in [5, 5.41) is 41.6. The van der Waals surface area contributed by atoms with E-state index >= 15 is 0 Å². The molecule has 1 aromatic rings. The molecule has 1 aliphatic carbocycles. The van der Waals surface area contributed by atoms with Crippen molar-refractivity contribution in [3.8, 4) is 5.75 Å². The number of aliphatic hydroxyl groups excluding tert-OH is 2. The van der Waals surface area contributed by atoms with Crippen molar-refractivity contribution >= 4 is 11.9 Å². The number of carbonyl (C=O) groups is 2. The van der Waals surface area contributed by atoms with Crippen LogP contribution in [0.25, 0.3) is 0 Å². The van der Waals surface area contributed by atoms with Gasteiger partial charge < -0.3 is 39.4 Å². The maximum absolute atomic E-state index is 14.4. The van der Waals surface area contributed by atoms with Crippen LogP contribution in [0.4, 0.5) is 8.78 Å².